The summed E-state index contributed by atoms with van der Waals surface area (Å²) in [6.45, 7) is 0. The summed E-state index contributed by atoms with van der Waals surface area (Å²) in [5.74, 6) is 0.553. The Morgan fingerprint density at radius 3 is 2.96 bits per heavy atom. The highest BCUT2D eigenvalue weighted by Gasteiger charge is 2.30. The number of hydrogen-bond acceptors (Lipinski definition) is 4. The molecular weight excluding hydrogens is 358 g/mol. The predicted octanol–water partition coefficient (Wildman–Crippen LogP) is 3.45. The number of carbonyl (C=O) groups excluding carboxylic acids is 1. The average molecular weight is 376 g/mol. The molecule has 1 N–H and O–H groups in total. The van der Waals surface area contributed by atoms with Crippen LogP contribution in [0.15, 0.2) is 34.2 Å². The van der Waals surface area contributed by atoms with Crippen molar-refractivity contribution in [1.29, 1.82) is 0 Å². The number of halogens is 1. The molecular formula is C18H18ClN3O2S. The van der Waals surface area contributed by atoms with Crippen molar-refractivity contribution in [3.05, 3.63) is 50.9 Å². The first-order valence-corrected chi connectivity index (χ1v) is 9.81. The highest BCUT2D eigenvalue weighted by Crippen LogP contribution is 2.34. The van der Waals surface area contributed by atoms with Crippen LogP contribution in [-0.4, -0.2) is 21.2 Å². The van der Waals surface area contributed by atoms with E-state index in [4.69, 9.17) is 11.6 Å². The molecule has 0 saturated heterocycles. The first-order chi connectivity index (χ1) is 12.1. The van der Waals surface area contributed by atoms with Crippen LogP contribution in [0.2, 0.25) is 5.02 Å². The Balaban J connectivity index is 1.56. The minimum Gasteiger partial charge on any atom is -0.325 e. The van der Waals surface area contributed by atoms with Crippen molar-refractivity contribution in [2.75, 3.05) is 11.1 Å². The first-order valence-electron chi connectivity index (χ1n) is 8.45. The maximum atomic E-state index is 12.9. The average Bonchev–Trinajstić information content (AvgIpc) is 3.00. The summed E-state index contributed by atoms with van der Waals surface area (Å²) in [4.78, 5) is 30.0. The second-order valence-corrected chi connectivity index (χ2v) is 7.79. The zero-order valence-electron chi connectivity index (χ0n) is 13.6. The number of hydrogen-bond donors (Lipinski definition) is 1. The Morgan fingerprint density at radius 1 is 1.32 bits per heavy atom. The number of para-hydroxylation sites is 1. The van der Waals surface area contributed by atoms with Crippen molar-refractivity contribution >= 4 is 35.0 Å². The third-order valence-electron chi connectivity index (χ3n) is 4.69. The molecule has 0 radical (unpaired) electrons. The maximum absolute atomic E-state index is 12.9. The van der Waals surface area contributed by atoms with E-state index < -0.39 is 0 Å². The van der Waals surface area contributed by atoms with Gasteiger partial charge in [0.05, 0.1) is 22.4 Å². The van der Waals surface area contributed by atoms with Crippen LogP contribution in [0.3, 0.4) is 0 Å². The monoisotopic (exact) mass is 375 g/mol. The minimum atomic E-state index is -0.158. The summed E-state index contributed by atoms with van der Waals surface area (Å²) in [7, 11) is 0. The number of rotatable bonds is 3. The van der Waals surface area contributed by atoms with E-state index in [9.17, 15) is 9.59 Å². The lowest BCUT2D eigenvalue weighted by atomic mass is 9.97. The molecule has 1 amide bonds. The molecule has 1 atom stereocenters. The number of aromatic nitrogens is 2. The van der Waals surface area contributed by atoms with Crippen LogP contribution < -0.4 is 10.9 Å². The topological polar surface area (TPSA) is 64.0 Å². The van der Waals surface area contributed by atoms with Gasteiger partial charge in [-0.3, -0.25) is 14.2 Å². The van der Waals surface area contributed by atoms with E-state index in [-0.39, 0.29) is 23.9 Å². The van der Waals surface area contributed by atoms with E-state index in [0.717, 1.165) is 42.1 Å². The molecule has 5 nitrogen and oxygen atoms in total. The first kappa shape index (κ1) is 16.7. The number of benzene rings is 1. The fourth-order valence-corrected chi connectivity index (χ4v) is 4.78. The largest absolute Gasteiger partial charge is 0.325 e. The zero-order valence-corrected chi connectivity index (χ0v) is 15.2. The quantitative estimate of drug-likeness (QED) is 0.834. The van der Waals surface area contributed by atoms with Gasteiger partial charge in [0, 0.05) is 17.7 Å². The summed E-state index contributed by atoms with van der Waals surface area (Å²) in [5, 5.41) is 4.09. The molecule has 4 rings (SSSR count). The number of nitrogens with zero attached hydrogens (tertiary/aromatic N) is 2. The van der Waals surface area contributed by atoms with Gasteiger partial charge in [0.25, 0.3) is 5.56 Å². The minimum absolute atomic E-state index is 0.0419. The maximum Gasteiger partial charge on any atom is 0.257 e. The number of carbonyl (C=O) groups is 1. The molecule has 1 aromatic carbocycles. The van der Waals surface area contributed by atoms with Crippen molar-refractivity contribution in [2.45, 2.75) is 43.3 Å². The number of nitrogens with one attached hydrogen (secondary N) is 1. The summed E-state index contributed by atoms with van der Waals surface area (Å²) in [5.41, 5.74) is 2.43. The van der Waals surface area contributed by atoms with E-state index in [1.54, 1.807) is 28.5 Å². The van der Waals surface area contributed by atoms with Gasteiger partial charge in [0.1, 0.15) is 0 Å². The van der Waals surface area contributed by atoms with Crippen molar-refractivity contribution in [2.24, 2.45) is 0 Å². The molecule has 1 aromatic heterocycles. The Kier molecular flexibility index (Phi) is 4.56. The van der Waals surface area contributed by atoms with E-state index >= 15 is 0 Å². The highest BCUT2D eigenvalue weighted by atomic mass is 35.5. The fourth-order valence-electron chi connectivity index (χ4n) is 3.44. The molecule has 1 aliphatic carbocycles. The third-order valence-corrected chi connectivity index (χ3v) is 6.12. The van der Waals surface area contributed by atoms with Gasteiger partial charge < -0.3 is 5.32 Å². The molecule has 2 heterocycles. The number of anilines is 1. The molecule has 2 aliphatic rings. The van der Waals surface area contributed by atoms with Crippen LogP contribution in [0.5, 0.6) is 0 Å². The molecule has 130 valence electrons. The lowest BCUT2D eigenvalue weighted by Gasteiger charge is -2.18. The highest BCUT2D eigenvalue weighted by molar-refractivity contribution is 7.99. The molecule has 1 unspecified atom stereocenters. The normalized spacial score (nSPS) is 18.5. The van der Waals surface area contributed by atoms with Gasteiger partial charge in [-0.1, -0.05) is 35.5 Å². The van der Waals surface area contributed by atoms with Crippen LogP contribution in [-0.2, 0) is 17.6 Å². The summed E-state index contributed by atoms with van der Waals surface area (Å²) >= 11 is 7.65. The Morgan fingerprint density at radius 2 is 2.12 bits per heavy atom. The van der Waals surface area contributed by atoms with Gasteiger partial charge in [-0.15, -0.1) is 0 Å². The smallest absolute Gasteiger partial charge is 0.257 e. The van der Waals surface area contributed by atoms with E-state index in [0.29, 0.717) is 16.5 Å². The molecule has 1 aliphatic heterocycles. The second-order valence-electron chi connectivity index (χ2n) is 6.40. The lowest BCUT2D eigenvalue weighted by molar-refractivity contribution is -0.116. The van der Waals surface area contributed by atoms with Gasteiger partial charge in [0.15, 0.2) is 5.16 Å². The second kappa shape index (κ2) is 6.84. The standard InChI is InChI=1S/C18H18ClN3O2S/c19-13-6-2-4-8-15(13)20-16(23)9-11-10-25-18-21-14-7-3-1-5-12(14)17(24)22(11)18/h2,4,6,8,11H,1,3,5,7,9-10H2,(H,20,23). The van der Waals surface area contributed by atoms with Crippen LogP contribution >= 0.6 is 23.4 Å². The molecule has 25 heavy (non-hydrogen) atoms. The van der Waals surface area contributed by atoms with Gasteiger partial charge in [-0.2, -0.15) is 0 Å². The Bertz CT molecular complexity index is 896. The van der Waals surface area contributed by atoms with Crippen molar-refractivity contribution in [3.8, 4) is 0 Å². The van der Waals surface area contributed by atoms with E-state index in [1.165, 1.54) is 0 Å². The molecule has 0 spiro atoms. The van der Waals surface area contributed by atoms with E-state index in [1.807, 2.05) is 12.1 Å². The van der Waals surface area contributed by atoms with Crippen LogP contribution in [0.4, 0.5) is 5.69 Å². The summed E-state index contributed by atoms with van der Waals surface area (Å²) in [6, 6.07) is 6.98. The SMILES string of the molecule is O=C(CC1CSc2nc3c(c(=O)n21)CCCC3)Nc1ccccc1Cl. The van der Waals surface area contributed by atoms with Gasteiger partial charge in [-0.05, 0) is 37.8 Å². The van der Waals surface area contributed by atoms with Crippen LogP contribution in [0.1, 0.15) is 36.6 Å². The summed E-state index contributed by atoms with van der Waals surface area (Å²) < 4.78 is 1.72. The van der Waals surface area contributed by atoms with Crippen molar-refractivity contribution < 1.29 is 4.79 Å². The zero-order chi connectivity index (χ0) is 17.4. The lowest BCUT2D eigenvalue weighted by Crippen LogP contribution is -2.32. The number of aryl methyl sites for hydroxylation is 1. The predicted molar refractivity (Wildman–Crippen MR) is 99.6 cm³/mol. The van der Waals surface area contributed by atoms with Gasteiger partial charge in [-0.25, -0.2) is 4.98 Å². The van der Waals surface area contributed by atoms with Gasteiger partial charge >= 0.3 is 0 Å². The van der Waals surface area contributed by atoms with Crippen molar-refractivity contribution in [3.63, 3.8) is 0 Å². The van der Waals surface area contributed by atoms with E-state index in [2.05, 4.69) is 10.3 Å². The molecule has 7 heteroatoms. The molecule has 0 saturated carbocycles. The number of thioether (sulfide) groups is 1. The Labute approximate surface area is 154 Å². The number of fused-ring (bicyclic) bond motifs is 2. The van der Waals surface area contributed by atoms with Crippen LogP contribution in [0, 0.1) is 0 Å². The molecule has 0 bridgehead atoms. The summed E-state index contributed by atoms with van der Waals surface area (Å²) in [6.07, 6.45) is 4.05. The number of amides is 1. The van der Waals surface area contributed by atoms with Crippen molar-refractivity contribution in [1.82, 2.24) is 9.55 Å². The van der Waals surface area contributed by atoms with Crippen LogP contribution in [0.25, 0.3) is 0 Å². The third kappa shape index (κ3) is 3.20. The molecule has 2 aromatic rings. The van der Waals surface area contributed by atoms with Gasteiger partial charge in [0.2, 0.25) is 5.91 Å². The Hall–Kier alpha value is -1.79. The fraction of sp³-hybridized carbons (Fsp3) is 0.389. The molecule has 0 fully saturated rings.